The second kappa shape index (κ2) is 18.5. The van der Waals surface area contributed by atoms with E-state index < -0.39 is 12.2 Å². The van der Waals surface area contributed by atoms with Crippen LogP contribution in [0, 0.1) is 13.8 Å². The van der Waals surface area contributed by atoms with Gasteiger partial charge in [0.2, 0.25) is 0 Å². The van der Waals surface area contributed by atoms with Gasteiger partial charge in [-0.2, -0.15) is 0 Å². The molecule has 0 aliphatic heterocycles. The van der Waals surface area contributed by atoms with Gasteiger partial charge in [0.1, 0.15) is 23.0 Å². The first-order valence-electron chi connectivity index (χ1n) is 27.1. The lowest BCUT2D eigenvalue weighted by Crippen LogP contribution is -2.27. The molecule has 0 radical (unpaired) electrons. The van der Waals surface area contributed by atoms with Crippen LogP contribution in [0.2, 0.25) is 0 Å². The number of aryl methyl sites for hydroxylation is 6. The van der Waals surface area contributed by atoms with Gasteiger partial charge in [-0.1, -0.05) is 97.1 Å². The Labute approximate surface area is 425 Å². The number of benzene rings is 8. The first-order valence-corrected chi connectivity index (χ1v) is 27.1. The Morgan fingerprint density at radius 3 is 1.01 bits per heavy atom. The van der Waals surface area contributed by atoms with Crippen LogP contribution in [0.4, 0.5) is 0 Å². The molecule has 4 nitrogen and oxygen atoms in total. The van der Waals surface area contributed by atoms with Gasteiger partial charge >= 0.3 is 0 Å². The van der Waals surface area contributed by atoms with Gasteiger partial charge in [0.05, 0.1) is 0 Å². The van der Waals surface area contributed by atoms with Crippen molar-refractivity contribution in [2.24, 2.45) is 0 Å². The van der Waals surface area contributed by atoms with E-state index in [2.05, 4.69) is 111 Å². The minimum absolute atomic E-state index is 0.313. The molecule has 0 unspecified atom stereocenters. The van der Waals surface area contributed by atoms with E-state index in [1.165, 1.54) is 107 Å². The number of phenols is 2. The van der Waals surface area contributed by atoms with Crippen LogP contribution in [0.1, 0.15) is 130 Å². The molecule has 13 rings (SSSR count). The van der Waals surface area contributed by atoms with Crippen LogP contribution in [0.5, 0.6) is 23.0 Å². The van der Waals surface area contributed by atoms with Gasteiger partial charge in [0, 0.05) is 44.5 Å². The van der Waals surface area contributed by atoms with Crippen molar-refractivity contribution < 1.29 is 19.7 Å². The van der Waals surface area contributed by atoms with Crippen LogP contribution >= 0.6 is 0 Å². The normalized spacial score (nSPS) is 17.6. The molecule has 360 valence electrons. The fourth-order valence-corrected chi connectivity index (χ4v) is 13.7. The Morgan fingerprint density at radius 2 is 0.639 bits per heavy atom. The summed E-state index contributed by atoms with van der Waals surface area (Å²) in [4.78, 5) is 0. The van der Waals surface area contributed by atoms with Gasteiger partial charge in [-0.15, -0.1) is 0 Å². The van der Waals surface area contributed by atoms with Crippen molar-refractivity contribution in [3.8, 4) is 78.6 Å². The third-order valence-electron chi connectivity index (χ3n) is 17.0. The minimum atomic E-state index is -0.575. The molecule has 4 heteroatoms. The Hall–Kier alpha value is -7.04. The summed E-state index contributed by atoms with van der Waals surface area (Å²) in [6.07, 6.45) is 17.1. The molecule has 0 fully saturated rings. The summed E-state index contributed by atoms with van der Waals surface area (Å²) in [6, 6.07) is 47.2. The fourth-order valence-electron chi connectivity index (χ4n) is 13.7. The minimum Gasteiger partial charge on any atom is -0.507 e. The van der Waals surface area contributed by atoms with Gasteiger partial charge in [-0.05, 0) is 231 Å². The number of fused-ring (bicyclic) bond motifs is 7. The number of phenolic OH excluding ortho intramolecular Hbond substituents is 2. The first kappa shape index (κ1) is 44.9. The Balaban J connectivity index is 0.929. The van der Waals surface area contributed by atoms with Crippen LogP contribution in [0.3, 0.4) is 0 Å². The van der Waals surface area contributed by atoms with Crippen molar-refractivity contribution in [1.29, 1.82) is 0 Å². The molecule has 8 aromatic carbocycles. The lowest BCUT2D eigenvalue weighted by atomic mass is 9.76. The molecule has 72 heavy (non-hydrogen) atoms. The van der Waals surface area contributed by atoms with E-state index in [9.17, 15) is 10.2 Å². The Bertz CT molecular complexity index is 3150. The molecule has 0 saturated heterocycles. The standard InChI is InChI=1S/C68H64O4/c1-41-35-57(65(69)59(37-41)63-47-23-7-3-19-43(47)39-44-20-4-8-24-48(44)63)53-29-15-17-33-61(53)71-67-55-31-13-11-27-51(55)52-28-12-14-32-56(52)68(67)72-62-34-18-16-30-54(62)58-36-42(2)38-60(66(58)70)64-49-25-9-5-21-45(49)40-46-22-6-10-26-50(46)64/h11-18,27-40,67-70H,3-10,19-26H2,1-2H3/t67-,68-/m1/s1. The summed E-state index contributed by atoms with van der Waals surface area (Å²) in [6.45, 7) is 4.31. The number of rotatable bonds is 8. The molecular weight excluding hydrogens is 881 g/mol. The van der Waals surface area contributed by atoms with E-state index in [-0.39, 0.29) is 0 Å². The lowest BCUT2D eigenvalue weighted by molar-refractivity contribution is 0.0517. The van der Waals surface area contributed by atoms with E-state index in [1.54, 1.807) is 0 Å². The van der Waals surface area contributed by atoms with Gasteiger partial charge in [-0.3, -0.25) is 0 Å². The molecule has 2 N–H and O–H groups in total. The van der Waals surface area contributed by atoms with Crippen LogP contribution in [-0.2, 0) is 51.4 Å². The summed E-state index contributed by atoms with van der Waals surface area (Å²) in [5, 5.41) is 25.6. The smallest absolute Gasteiger partial charge is 0.165 e. The highest BCUT2D eigenvalue weighted by molar-refractivity contribution is 5.90. The van der Waals surface area contributed by atoms with Crippen molar-refractivity contribution in [3.63, 3.8) is 0 Å². The Morgan fingerprint density at radius 1 is 0.333 bits per heavy atom. The highest BCUT2D eigenvalue weighted by Crippen LogP contribution is 2.54. The number of hydrogen-bond acceptors (Lipinski definition) is 4. The first-order chi connectivity index (χ1) is 35.4. The predicted octanol–water partition coefficient (Wildman–Crippen LogP) is 16.8. The van der Waals surface area contributed by atoms with Crippen LogP contribution in [0.25, 0.3) is 55.6 Å². The van der Waals surface area contributed by atoms with Crippen LogP contribution in [0.15, 0.2) is 133 Å². The molecule has 0 bridgehead atoms. The summed E-state index contributed by atoms with van der Waals surface area (Å²) in [5.41, 5.74) is 25.8. The van der Waals surface area contributed by atoms with Crippen molar-refractivity contribution in [2.45, 2.75) is 129 Å². The molecule has 0 saturated carbocycles. The van der Waals surface area contributed by atoms with Crippen molar-refractivity contribution >= 4 is 0 Å². The zero-order valence-corrected chi connectivity index (χ0v) is 41.9. The molecule has 5 aliphatic carbocycles. The Kier molecular flexibility index (Phi) is 11.5. The number of hydrogen-bond donors (Lipinski definition) is 2. The van der Waals surface area contributed by atoms with E-state index >= 15 is 0 Å². The van der Waals surface area contributed by atoms with Gasteiger partial charge < -0.3 is 19.7 Å². The zero-order valence-electron chi connectivity index (χ0n) is 41.9. The summed E-state index contributed by atoms with van der Waals surface area (Å²) < 4.78 is 15.0. The van der Waals surface area contributed by atoms with Gasteiger partial charge in [0.15, 0.2) is 12.2 Å². The molecular formula is C68H64O4. The monoisotopic (exact) mass is 944 g/mol. The third kappa shape index (κ3) is 7.72. The molecule has 0 aromatic heterocycles. The average molecular weight is 945 g/mol. The zero-order chi connectivity index (χ0) is 48.5. The summed E-state index contributed by atoms with van der Waals surface area (Å²) in [7, 11) is 0. The average Bonchev–Trinajstić information content (AvgIpc) is 3.42. The summed E-state index contributed by atoms with van der Waals surface area (Å²) in [5.74, 6) is 1.98. The predicted molar refractivity (Wildman–Crippen MR) is 293 cm³/mol. The largest absolute Gasteiger partial charge is 0.507 e. The van der Waals surface area contributed by atoms with E-state index in [0.29, 0.717) is 23.0 Å². The lowest BCUT2D eigenvalue weighted by Gasteiger charge is -2.36. The van der Waals surface area contributed by atoms with Gasteiger partial charge in [-0.25, -0.2) is 0 Å². The third-order valence-corrected chi connectivity index (χ3v) is 17.0. The van der Waals surface area contributed by atoms with Crippen molar-refractivity contribution in [3.05, 3.63) is 200 Å². The van der Waals surface area contributed by atoms with E-state index in [0.717, 1.165) is 118 Å². The van der Waals surface area contributed by atoms with Gasteiger partial charge in [0.25, 0.3) is 0 Å². The van der Waals surface area contributed by atoms with E-state index in [1.807, 2.05) is 36.4 Å². The maximum atomic E-state index is 12.8. The maximum absolute atomic E-state index is 12.8. The van der Waals surface area contributed by atoms with Crippen LogP contribution in [-0.4, -0.2) is 10.2 Å². The van der Waals surface area contributed by atoms with E-state index in [4.69, 9.17) is 9.47 Å². The molecule has 8 aromatic rings. The summed E-state index contributed by atoms with van der Waals surface area (Å²) >= 11 is 0. The number of para-hydroxylation sites is 2. The van der Waals surface area contributed by atoms with Crippen LogP contribution < -0.4 is 9.47 Å². The molecule has 5 aliphatic rings. The highest BCUT2D eigenvalue weighted by Gasteiger charge is 2.39. The number of aromatic hydroxyl groups is 2. The second-order valence-electron chi connectivity index (χ2n) is 21.5. The SMILES string of the molecule is Cc1cc(-c2ccccc2O[C@@H]2c3ccccc3-c3ccccc3[C@H]2Oc2ccccc2-c2cc(C)cc(-c3c4c(cc5c3CCCC5)CCCC4)c2O)c(O)c(-c2c3c(cc4c2CCCC4)CCCC3)c1. The molecule has 0 spiro atoms. The van der Waals surface area contributed by atoms with Crippen molar-refractivity contribution in [1.82, 2.24) is 0 Å². The maximum Gasteiger partial charge on any atom is 0.165 e. The molecule has 0 amide bonds. The second-order valence-corrected chi connectivity index (χ2v) is 21.5. The molecule has 0 heterocycles. The topological polar surface area (TPSA) is 58.9 Å². The molecule has 2 atom stereocenters. The highest BCUT2D eigenvalue weighted by atomic mass is 16.5. The fraction of sp³-hybridized carbons (Fsp3) is 0.294. The quantitative estimate of drug-likeness (QED) is 0.159. The van der Waals surface area contributed by atoms with Crippen molar-refractivity contribution in [2.75, 3.05) is 0 Å². The number of ether oxygens (including phenoxy) is 2.